The van der Waals surface area contributed by atoms with Gasteiger partial charge in [-0.25, -0.2) is 0 Å². The lowest BCUT2D eigenvalue weighted by molar-refractivity contribution is -0.159. The van der Waals surface area contributed by atoms with Crippen molar-refractivity contribution in [3.05, 3.63) is 0 Å². The molecule has 0 radical (unpaired) electrons. The summed E-state index contributed by atoms with van der Waals surface area (Å²) in [5.41, 5.74) is 4.36. The van der Waals surface area contributed by atoms with Crippen molar-refractivity contribution in [1.82, 2.24) is 0 Å². The van der Waals surface area contributed by atoms with Gasteiger partial charge in [0.2, 0.25) is 0 Å². The van der Waals surface area contributed by atoms with E-state index in [-0.39, 0.29) is 17.8 Å². The van der Waals surface area contributed by atoms with Crippen LogP contribution < -0.4 is 5.73 Å². The van der Waals surface area contributed by atoms with Crippen molar-refractivity contribution in [2.45, 2.75) is 31.7 Å². The molecule has 2 bridgehead atoms. The van der Waals surface area contributed by atoms with Crippen molar-refractivity contribution in [2.24, 2.45) is 29.4 Å². The Morgan fingerprint density at radius 3 is 2.44 bits per heavy atom. The highest BCUT2D eigenvalue weighted by Gasteiger charge is 2.66. The van der Waals surface area contributed by atoms with Gasteiger partial charge >= 0.3 is 11.9 Å². The SMILES string of the molecule is CC[C@@H]1C[C@@H]2C[C@H]1[C@@](N)(C(=O)O)[C@@H]2C(=O)O. The number of rotatable bonds is 3. The van der Waals surface area contributed by atoms with Gasteiger partial charge in [-0.05, 0) is 30.6 Å². The van der Waals surface area contributed by atoms with Gasteiger partial charge in [0.25, 0.3) is 0 Å². The summed E-state index contributed by atoms with van der Waals surface area (Å²) in [4.78, 5) is 22.5. The second kappa shape index (κ2) is 3.45. The Morgan fingerprint density at radius 2 is 2.00 bits per heavy atom. The lowest BCUT2D eigenvalue weighted by atomic mass is 9.68. The van der Waals surface area contributed by atoms with E-state index >= 15 is 0 Å². The Bertz CT molecular complexity index is 343. The number of carboxylic acid groups (broad SMARTS) is 2. The monoisotopic (exact) mass is 227 g/mol. The first-order valence-electron chi connectivity index (χ1n) is 5.68. The Kier molecular flexibility index (Phi) is 2.45. The van der Waals surface area contributed by atoms with Gasteiger partial charge in [0.15, 0.2) is 0 Å². The summed E-state index contributed by atoms with van der Waals surface area (Å²) in [5.74, 6) is -3.12. The number of hydrogen-bond acceptors (Lipinski definition) is 3. The van der Waals surface area contributed by atoms with Crippen LogP contribution in [-0.4, -0.2) is 27.7 Å². The molecule has 5 atom stereocenters. The van der Waals surface area contributed by atoms with Crippen LogP contribution in [-0.2, 0) is 9.59 Å². The molecule has 0 amide bonds. The molecule has 5 heteroatoms. The second-order valence-corrected chi connectivity index (χ2v) is 5.06. The van der Waals surface area contributed by atoms with Crippen LogP contribution in [0.3, 0.4) is 0 Å². The third kappa shape index (κ3) is 1.21. The smallest absolute Gasteiger partial charge is 0.324 e. The Morgan fingerprint density at radius 1 is 1.38 bits per heavy atom. The molecule has 16 heavy (non-hydrogen) atoms. The van der Waals surface area contributed by atoms with Crippen LogP contribution in [0.4, 0.5) is 0 Å². The van der Waals surface area contributed by atoms with Gasteiger partial charge in [-0.2, -0.15) is 0 Å². The molecular weight excluding hydrogens is 210 g/mol. The number of nitrogens with two attached hydrogens (primary N) is 1. The first kappa shape index (κ1) is 11.4. The second-order valence-electron chi connectivity index (χ2n) is 5.06. The van der Waals surface area contributed by atoms with E-state index in [0.29, 0.717) is 6.42 Å². The maximum Gasteiger partial charge on any atom is 0.324 e. The molecule has 0 heterocycles. The first-order chi connectivity index (χ1) is 7.42. The maximum absolute atomic E-state index is 11.3. The molecule has 0 spiro atoms. The van der Waals surface area contributed by atoms with E-state index in [1.165, 1.54) is 0 Å². The van der Waals surface area contributed by atoms with Gasteiger partial charge in [-0.1, -0.05) is 13.3 Å². The van der Waals surface area contributed by atoms with E-state index in [1.54, 1.807) is 0 Å². The summed E-state index contributed by atoms with van der Waals surface area (Å²) in [7, 11) is 0. The lowest BCUT2D eigenvalue weighted by Gasteiger charge is -2.38. The normalized spacial score (nSPS) is 45.9. The minimum atomic E-state index is -1.56. The van der Waals surface area contributed by atoms with Gasteiger partial charge < -0.3 is 15.9 Å². The van der Waals surface area contributed by atoms with E-state index in [4.69, 9.17) is 10.8 Å². The average Bonchev–Trinajstić information content (AvgIpc) is 2.72. The van der Waals surface area contributed by atoms with Gasteiger partial charge in [0.1, 0.15) is 5.54 Å². The third-order valence-electron chi connectivity index (χ3n) is 4.49. The summed E-state index contributed by atoms with van der Waals surface area (Å²) >= 11 is 0. The molecule has 2 saturated carbocycles. The molecular formula is C11H17NO4. The van der Waals surface area contributed by atoms with Crippen molar-refractivity contribution >= 4 is 11.9 Å². The number of aliphatic carboxylic acids is 2. The predicted molar refractivity (Wildman–Crippen MR) is 55.7 cm³/mol. The van der Waals surface area contributed by atoms with Crippen molar-refractivity contribution in [3.8, 4) is 0 Å². The van der Waals surface area contributed by atoms with E-state index < -0.39 is 23.4 Å². The van der Waals surface area contributed by atoms with Crippen LogP contribution in [0.25, 0.3) is 0 Å². The molecule has 90 valence electrons. The third-order valence-corrected chi connectivity index (χ3v) is 4.49. The van der Waals surface area contributed by atoms with Gasteiger partial charge in [0, 0.05) is 0 Å². The summed E-state index contributed by atoms with van der Waals surface area (Å²) < 4.78 is 0. The largest absolute Gasteiger partial charge is 0.481 e. The molecule has 0 aromatic heterocycles. The molecule has 0 aliphatic heterocycles. The van der Waals surface area contributed by atoms with E-state index in [9.17, 15) is 14.7 Å². The molecule has 0 saturated heterocycles. The van der Waals surface area contributed by atoms with Crippen LogP contribution in [0.15, 0.2) is 0 Å². The topological polar surface area (TPSA) is 101 Å². The minimum absolute atomic E-state index is 0.0615. The lowest BCUT2D eigenvalue weighted by Crippen LogP contribution is -2.61. The van der Waals surface area contributed by atoms with Crippen molar-refractivity contribution < 1.29 is 19.8 Å². The van der Waals surface area contributed by atoms with Crippen molar-refractivity contribution in [3.63, 3.8) is 0 Å². The zero-order valence-corrected chi connectivity index (χ0v) is 9.22. The first-order valence-corrected chi connectivity index (χ1v) is 5.68. The molecule has 4 N–H and O–H groups in total. The summed E-state index contributed by atoms with van der Waals surface area (Å²) in [6, 6.07) is 0. The standard InChI is InChI=1S/C11H17NO4/c1-2-5-3-6-4-7(5)11(12,10(15)16)8(6)9(13)14/h5-8H,2-4,12H2,1H3,(H,13,14)(H,15,16)/t5-,6-,7-,8+,11+/m1/s1. The van der Waals surface area contributed by atoms with Gasteiger partial charge in [-0.3, -0.25) is 9.59 Å². The fraction of sp³-hybridized carbons (Fsp3) is 0.818. The highest BCUT2D eigenvalue weighted by molar-refractivity contribution is 5.88. The molecule has 0 aromatic carbocycles. The quantitative estimate of drug-likeness (QED) is 0.653. The van der Waals surface area contributed by atoms with Gasteiger partial charge in [-0.15, -0.1) is 0 Å². The number of carbonyl (C=O) groups is 2. The van der Waals surface area contributed by atoms with Crippen LogP contribution >= 0.6 is 0 Å². The van der Waals surface area contributed by atoms with Crippen LogP contribution in [0.2, 0.25) is 0 Å². The van der Waals surface area contributed by atoms with E-state index in [1.807, 2.05) is 6.92 Å². The summed E-state index contributed by atoms with van der Waals surface area (Å²) in [5, 5.41) is 18.4. The molecule has 5 nitrogen and oxygen atoms in total. The highest BCUT2D eigenvalue weighted by atomic mass is 16.4. The number of hydrogen-bond donors (Lipinski definition) is 3. The van der Waals surface area contributed by atoms with Crippen molar-refractivity contribution in [1.29, 1.82) is 0 Å². The van der Waals surface area contributed by atoms with Gasteiger partial charge in [0.05, 0.1) is 5.92 Å². The van der Waals surface area contributed by atoms with E-state index in [0.717, 1.165) is 12.8 Å². The number of carboxylic acids is 2. The van der Waals surface area contributed by atoms with Crippen LogP contribution in [0, 0.1) is 23.7 Å². The average molecular weight is 227 g/mol. The molecule has 2 aliphatic rings. The number of fused-ring (bicyclic) bond motifs is 2. The summed E-state index contributed by atoms with van der Waals surface area (Å²) in [6.07, 6.45) is 2.34. The summed E-state index contributed by atoms with van der Waals surface area (Å²) in [6.45, 7) is 2.00. The van der Waals surface area contributed by atoms with E-state index in [2.05, 4.69) is 0 Å². The predicted octanol–water partition coefficient (Wildman–Crippen LogP) is 0.535. The highest BCUT2D eigenvalue weighted by Crippen LogP contribution is 2.57. The Balaban J connectivity index is 2.38. The molecule has 2 fully saturated rings. The Hall–Kier alpha value is -1.10. The fourth-order valence-corrected chi connectivity index (χ4v) is 3.79. The maximum atomic E-state index is 11.3. The minimum Gasteiger partial charge on any atom is -0.481 e. The fourth-order valence-electron chi connectivity index (χ4n) is 3.79. The van der Waals surface area contributed by atoms with Crippen LogP contribution in [0.1, 0.15) is 26.2 Å². The zero-order valence-electron chi connectivity index (χ0n) is 9.22. The zero-order chi connectivity index (χ0) is 12.1. The molecule has 2 aliphatic carbocycles. The van der Waals surface area contributed by atoms with Crippen LogP contribution in [0.5, 0.6) is 0 Å². The Labute approximate surface area is 93.6 Å². The molecule has 0 unspecified atom stereocenters. The molecule has 0 aromatic rings. The molecule has 2 rings (SSSR count). The van der Waals surface area contributed by atoms with Crippen molar-refractivity contribution in [2.75, 3.05) is 0 Å².